The van der Waals surface area contributed by atoms with Crippen LogP contribution in [0.25, 0.3) is 0 Å². The van der Waals surface area contributed by atoms with Gasteiger partial charge in [0, 0.05) is 44.1 Å². The molecule has 1 aliphatic heterocycles. The molecule has 1 aliphatic carbocycles. The molecule has 2 heterocycles. The molecule has 21 heavy (non-hydrogen) atoms. The second-order valence-corrected chi connectivity index (χ2v) is 6.27. The molecule has 2 fully saturated rings. The van der Waals surface area contributed by atoms with Gasteiger partial charge in [0.05, 0.1) is 0 Å². The number of aryl methyl sites for hydroxylation is 1. The molecule has 1 saturated carbocycles. The highest BCUT2D eigenvalue weighted by atomic mass is 16.1. The molecule has 0 aromatic carbocycles. The predicted octanol–water partition coefficient (Wildman–Crippen LogP) is 1.76. The third-order valence-electron chi connectivity index (χ3n) is 4.48. The molecule has 5 nitrogen and oxygen atoms in total. The number of hydrogen-bond acceptors (Lipinski definition) is 4. The van der Waals surface area contributed by atoms with Crippen molar-refractivity contribution in [1.29, 1.82) is 0 Å². The monoisotopic (exact) mass is 290 g/mol. The second-order valence-electron chi connectivity index (χ2n) is 6.27. The van der Waals surface area contributed by atoms with Crippen LogP contribution in [0.5, 0.6) is 0 Å². The lowest BCUT2D eigenvalue weighted by Crippen LogP contribution is -2.48. The van der Waals surface area contributed by atoms with Crippen molar-refractivity contribution in [3.63, 3.8) is 0 Å². The summed E-state index contributed by atoms with van der Waals surface area (Å²) in [5.74, 6) is 0.647. The number of aromatic nitrogens is 2. The molecule has 1 atom stereocenters. The Morgan fingerprint density at radius 2 is 2.19 bits per heavy atom. The molecule has 5 heteroatoms. The third kappa shape index (κ3) is 3.46. The quantitative estimate of drug-likeness (QED) is 0.867. The molecule has 1 aromatic heterocycles. The van der Waals surface area contributed by atoms with Crippen molar-refractivity contribution >= 4 is 5.82 Å². The summed E-state index contributed by atoms with van der Waals surface area (Å²) in [5.41, 5.74) is 0.0673. The summed E-state index contributed by atoms with van der Waals surface area (Å²) in [6, 6.07) is 1.13. The first-order chi connectivity index (χ1) is 10.3. The van der Waals surface area contributed by atoms with Crippen LogP contribution in [0, 0.1) is 0 Å². The first-order valence-electron chi connectivity index (χ1n) is 8.35. The SMILES string of the molecule is CCCn1ccnc(N2CCCCC2CNC2CC2)c1=O. The van der Waals surface area contributed by atoms with E-state index in [1.165, 1.54) is 19.3 Å². The number of piperidine rings is 1. The molecule has 1 N–H and O–H groups in total. The number of nitrogens with one attached hydrogen (secondary N) is 1. The zero-order valence-corrected chi connectivity index (χ0v) is 12.9. The van der Waals surface area contributed by atoms with Crippen molar-refractivity contribution in [3.8, 4) is 0 Å². The molecule has 1 saturated heterocycles. The van der Waals surface area contributed by atoms with Crippen molar-refractivity contribution in [2.75, 3.05) is 18.0 Å². The van der Waals surface area contributed by atoms with E-state index in [1.807, 2.05) is 0 Å². The highest BCUT2D eigenvalue weighted by Crippen LogP contribution is 2.23. The van der Waals surface area contributed by atoms with Crippen molar-refractivity contribution in [3.05, 3.63) is 22.7 Å². The zero-order valence-electron chi connectivity index (χ0n) is 12.9. The van der Waals surface area contributed by atoms with Gasteiger partial charge in [0.25, 0.3) is 5.56 Å². The number of rotatable bonds is 6. The van der Waals surface area contributed by atoms with Crippen molar-refractivity contribution < 1.29 is 0 Å². The normalized spacial score (nSPS) is 22.5. The van der Waals surface area contributed by atoms with Gasteiger partial charge in [-0.05, 0) is 38.5 Å². The van der Waals surface area contributed by atoms with Crippen molar-refractivity contribution in [2.24, 2.45) is 0 Å². The van der Waals surface area contributed by atoms with E-state index in [0.717, 1.165) is 38.9 Å². The maximum atomic E-state index is 12.6. The summed E-state index contributed by atoms with van der Waals surface area (Å²) in [5, 5.41) is 3.61. The molecule has 1 aromatic rings. The Labute approximate surface area is 126 Å². The molecule has 0 amide bonds. The fourth-order valence-electron chi connectivity index (χ4n) is 3.13. The lowest BCUT2D eigenvalue weighted by molar-refractivity contribution is 0.429. The fraction of sp³-hybridized carbons (Fsp3) is 0.750. The summed E-state index contributed by atoms with van der Waals surface area (Å²) < 4.78 is 1.79. The Kier molecular flexibility index (Phi) is 4.58. The average molecular weight is 290 g/mol. The van der Waals surface area contributed by atoms with Crippen molar-refractivity contribution in [2.45, 2.75) is 64.1 Å². The maximum Gasteiger partial charge on any atom is 0.293 e. The Morgan fingerprint density at radius 3 is 2.95 bits per heavy atom. The maximum absolute atomic E-state index is 12.6. The van der Waals surface area contributed by atoms with Gasteiger partial charge in [0.2, 0.25) is 0 Å². The topological polar surface area (TPSA) is 50.2 Å². The van der Waals surface area contributed by atoms with Gasteiger partial charge in [-0.25, -0.2) is 4.98 Å². The third-order valence-corrected chi connectivity index (χ3v) is 4.48. The molecular weight excluding hydrogens is 264 g/mol. The largest absolute Gasteiger partial charge is 0.348 e. The molecule has 116 valence electrons. The van der Waals surface area contributed by atoms with Crippen LogP contribution in [-0.2, 0) is 6.54 Å². The first kappa shape index (κ1) is 14.6. The zero-order chi connectivity index (χ0) is 14.7. The van der Waals surface area contributed by atoms with Crippen molar-refractivity contribution in [1.82, 2.24) is 14.9 Å². The molecular formula is C16H26N4O. The Hall–Kier alpha value is -1.36. The van der Waals surface area contributed by atoms with Gasteiger partial charge < -0.3 is 14.8 Å². The van der Waals surface area contributed by atoms with Gasteiger partial charge in [0.15, 0.2) is 5.82 Å². The van der Waals surface area contributed by atoms with Gasteiger partial charge in [-0.3, -0.25) is 4.79 Å². The van der Waals surface area contributed by atoms with Crippen LogP contribution in [0.4, 0.5) is 5.82 Å². The van der Waals surface area contributed by atoms with Crippen LogP contribution >= 0.6 is 0 Å². The van der Waals surface area contributed by atoms with Crippen LogP contribution in [0.2, 0.25) is 0 Å². The molecule has 1 unspecified atom stereocenters. The van der Waals surface area contributed by atoms with E-state index < -0.39 is 0 Å². The van der Waals surface area contributed by atoms with E-state index >= 15 is 0 Å². The summed E-state index contributed by atoms with van der Waals surface area (Å²) in [7, 11) is 0. The number of hydrogen-bond donors (Lipinski definition) is 1. The van der Waals surface area contributed by atoms with E-state index in [9.17, 15) is 4.79 Å². The Balaban J connectivity index is 1.78. The molecule has 2 aliphatic rings. The smallest absolute Gasteiger partial charge is 0.293 e. The first-order valence-corrected chi connectivity index (χ1v) is 8.35. The fourth-order valence-corrected chi connectivity index (χ4v) is 3.13. The van der Waals surface area contributed by atoms with Crippen LogP contribution in [0.1, 0.15) is 45.4 Å². The van der Waals surface area contributed by atoms with Crippen LogP contribution < -0.4 is 15.8 Å². The molecule has 0 radical (unpaired) electrons. The van der Waals surface area contributed by atoms with Gasteiger partial charge in [-0.2, -0.15) is 0 Å². The summed E-state index contributed by atoms with van der Waals surface area (Å²) in [6.07, 6.45) is 10.7. The Morgan fingerprint density at radius 1 is 1.33 bits per heavy atom. The highest BCUT2D eigenvalue weighted by molar-refractivity contribution is 5.38. The minimum absolute atomic E-state index is 0.0673. The number of anilines is 1. The molecule has 0 spiro atoms. The van der Waals surface area contributed by atoms with E-state index in [2.05, 4.69) is 22.1 Å². The van der Waals surface area contributed by atoms with Gasteiger partial charge in [0.1, 0.15) is 0 Å². The highest BCUT2D eigenvalue weighted by Gasteiger charge is 2.28. The summed E-state index contributed by atoms with van der Waals surface area (Å²) in [4.78, 5) is 19.2. The van der Waals surface area contributed by atoms with Crippen LogP contribution in [0.15, 0.2) is 17.2 Å². The van der Waals surface area contributed by atoms with E-state index in [4.69, 9.17) is 0 Å². The predicted molar refractivity (Wildman–Crippen MR) is 84.8 cm³/mol. The minimum atomic E-state index is 0.0673. The second kappa shape index (κ2) is 6.60. The Bertz CT molecular complexity index is 523. The molecule has 3 rings (SSSR count). The summed E-state index contributed by atoms with van der Waals surface area (Å²) in [6.45, 7) is 4.80. The van der Waals surface area contributed by atoms with Gasteiger partial charge >= 0.3 is 0 Å². The van der Waals surface area contributed by atoms with Crippen LogP contribution in [-0.4, -0.2) is 34.7 Å². The average Bonchev–Trinajstić information content (AvgIpc) is 3.32. The van der Waals surface area contributed by atoms with E-state index in [0.29, 0.717) is 17.9 Å². The van der Waals surface area contributed by atoms with E-state index in [-0.39, 0.29) is 5.56 Å². The summed E-state index contributed by atoms with van der Waals surface area (Å²) >= 11 is 0. The molecule has 0 bridgehead atoms. The standard InChI is InChI=1S/C16H26N4O/c1-2-9-19-11-8-17-15(16(19)21)20-10-4-3-5-14(20)12-18-13-6-7-13/h8,11,13-14,18H,2-7,9-10,12H2,1H3. The van der Waals surface area contributed by atoms with Gasteiger partial charge in [-0.15, -0.1) is 0 Å². The van der Waals surface area contributed by atoms with Gasteiger partial charge in [-0.1, -0.05) is 6.92 Å². The minimum Gasteiger partial charge on any atom is -0.348 e. The lowest BCUT2D eigenvalue weighted by atomic mass is 10.0. The van der Waals surface area contributed by atoms with E-state index in [1.54, 1.807) is 17.0 Å². The number of nitrogens with zero attached hydrogens (tertiary/aromatic N) is 3. The lowest BCUT2D eigenvalue weighted by Gasteiger charge is -2.36. The van der Waals surface area contributed by atoms with Crippen LogP contribution in [0.3, 0.4) is 0 Å².